The van der Waals surface area contributed by atoms with Crippen molar-refractivity contribution >= 4 is 60.9 Å². The molecule has 0 radical (unpaired) electrons. The molecule has 3 heteroatoms. The van der Waals surface area contributed by atoms with Gasteiger partial charge in [-0.05, 0) is 323 Å². The lowest BCUT2D eigenvalue weighted by Gasteiger charge is -2.33. The molecule has 0 amide bonds. The fourth-order valence-corrected chi connectivity index (χ4v) is 29.8. The number of hydrogen-bond donors (Lipinski definition) is 0. The van der Waals surface area contributed by atoms with E-state index < -0.39 is 16.2 Å². The molecule has 0 saturated carbocycles. The minimum Gasteiger partial charge on any atom is -0.455 e. The van der Waals surface area contributed by atoms with Crippen LogP contribution in [-0.2, 0) is 43.3 Å². The number of para-hydroxylation sites is 2. The van der Waals surface area contributed by atoms with Crippen LogP contribution in [0.2, 0.25) is 0 Å². The summed E-state index contributed by atoms with van der Waals surface area (Å²) >= 11 is 0. The number of unbranched alkanes of at least 4 members (excludes halogenated alkanes) is 16. The molecule has 0 atom stereocenters. The van der Waals surface area contributed by atoms with Gasteiger partial charge in [-0.25, -0.2) is 0 Å². The smallest absolute Gasteiger partial charge is 0.144 e. The molecule has 0 unspecified atom stereocenters. The molecule has 0 aliphatic heterocycles. The Balaban J connectivity index is 0.545. The van der Waals surface area contributed by atoms with Gasteiger partial charge in [0.25, 0.3) is 0 Å². The quantitative estimate of drug-likeness (QED) is 0.0406. The first kappa shape index (κ1) is 95.8. The number of nitrogens with zero attached hydrogens (tertiary/aromatic N) is 1. The average molecular weight is 1940 g/mol. The van der Waals surface area contributed by atoms with Crippen LogP contribution in [0.15, 0.2) is 300 Å². The van der Waals surface area contributed by atoms with Gasteiger partial charge in [0.05, 0.1) is 0 Å². The molecule has 25 rings (SSSR count). The van der Waals surface area contributed by atoms with Crippen molar-refractivity contribution in [2.75, 3.05) is 4.90 Å². The topological polar surface area (TPSA) is 29.5 Å². The van der Waals surface area contributed by atoms with Crippen molar-refractivity contribution in [1.29, 1.82) is 0 Å². The molecular weight excluding hydrogens is 1790 g/mol. The van der Waals surface area contributed by atoms with E-state index in [4.69, 9.17) is 8.83 Å². The number of anilines is 3. The third-order valence-corrected chi connectivity index (χ3v) is 37.8. The molecule has 18 aromatic rings. The Hall–Kier alpha value is -13.1. The second kappa shape index (κ2) is 36.1. The molecule has 3 nitrogen and oxygen atoms in total. The van der Waals surface area contributed by atoms with Gasteiger partial charge in [-0.1, -0.05) is 440 Å². The van der Waals surface area contributed by atoms with Crippen molar-refractivity contribution in [1.82, 2.24) is 0 Å². The van der Waals surface area contributed by atoms with Crippen molar-refractivity contribution in [3.63, 3.8) is 0 Å². The van der Waals surface area contributed by atoms with Crippen molar-refractivity contribution in [2.45, 2.75) is 315 Å². The predicted molar refractivity (Wildman–Crippen MR) is 630 cm³/mol. The highest BCUT2D eigenvalue weighted by atomic mass is 16.3. The van der Waals surface area contributed by atoms with Gasteiger partial charge >= 0.3 is 0 Å². The molecule has 0 N–H and O–H groups in total. The number of benzene rings is 16. The fraction of sp³-hybridized carbons (Fsp3) is 0.338. The van der Waals surface area contributed by atoms with Crippen molar-refractivity contribution in [3.05, 3.63) is 375 Å². The number of fused-ring (bicyclic) bond motifs is 31. The van der Waals surface area contributed by atoms with E-state index in [0.717, 1.165) is 50.2 Å². The minimum atomic E-state index is -0.467. The highest BCUT2D eigenvalue weighted by Gasteiger charge is 2.52. The molecule has 16 aromatic carbocycles. The van der Waals surface area contributed by atoms with Crippen LogP contribution in [0, 0.1) is 0 Å². The van der Waals surface area contributed by atoms with Gasteiger partial charge in [0.2, 0.25) is 0 Å². The normalized spacial score (nSPS) is 15.8. The van der Waals surface area contributed by atoms with Gasteiger partial charge in [-0.15, -0.1) is 0 Å². The Labute approximate surface area is 880 Å². The van der Waals surface area contributed by atoms with E-state index in [-0.39, 0.29) is 27.1 Å². The van der Waals surface area contributed by atoms with Crippen LogP contribution in [0.1, 0.15) is 355 Å². The highest BCUT2D eigenvalue weighted by Crippen LogP contribution is 2.67. The predicted octanol–water partition coefficient (Wildman–Crippen LogP) is 42.4. The second-order valence-corrected chi connectivity index (χ2v) is 49.4. The molecule has 148 heavy (non-hydrogen) atoms. The fourth-order valence-electron chi connectivity index (χ4n) is 29.8. The number of hydrogen-bond acceptors (Lipinski definition) is 3. The van der Waals surface area contributed by atoms with E-state index in [1.165, 1.54) is 348 Å². The largest absolute Gasteiger partial charge is 0.455 e. The van der Waals surface area contributed by atoms with Crippen LogP contribution < -0.4 is 4.90 Å². The SMILES string of the molecule is CCCCCCCC1(CCCCCCC)c2ccccc2-c2ccc(-c3ccc4c(c3)C(C)(C)c3cc(-c5ccc6c(c5)C(C)(C)c5c7c(c8oc9ccccc9c8c5-6)-c5ccc(N(c6ccc(C(C)(C)C)cc6)c6ccc8c(c6)C(C)(C)c6cc(-c9ccc%10c(c9)C(C)(C)c9cc(-c%11ccc%12c(c%11)C(CCCCCCC)(CCCCCCC)c%11ccccc%11-%12)ccc9-%10)c9c(oc%10ccccc%109)c6-8)cc5C7(C)C)ccc3-4)cc21. The van der Waals surface area contributed by atoms with Crippen LogP contribution in [0.25, 0.3) is 166 Å². The summed E-state index contributed by atoms with van der Waals surface area (Å²) in [6.07, 6.45) is 30.8. The molecule has 7 aliphatic carbocycles. The Morgan fingerprint density at radius 1 is 0.223 bits per heavy atom. The van der Waals surface area contributed by atoms with Crippen molar-refractivity contribution in [2.24, 2.45) is 0 Å². The number of furan rings is 2. The Morgan fingerprint density at radius 3 is 0.946 bits per heavy atom. The van der Waals surface area contributed by atoms with Gasteiger partial charge in [-0.2, -0.15) is 0 Å². The average Bonchev–Trinajstić information content (AvgIpc) is 1.50. The lowest BCUT2D eigenvalue weighted by atomic mass is 9.70. The molecule has 2 heterocycles. The first-order chi connectivity index (χ1) is 71.6. The lowest BCUT2D eigenvalue weighted by molar-refractivity contribution is 0.399. The van der Waals surface area contributed by atoms with Gasteiger partial charge < -0.3 is 13.7 Å². The zero-order valence-electron chi connectivity index (χ0n) is 90.9. The maximum Gasteiger partial charge on any atom is 0.144 e. The van der Waals surface area contributed by atoms with Crippen LogP contribution in [0.4, 0.5) is 17.1 Å². The van der Waals surface area contributed by atoms with Gasteiger partial charge in [0, 0.05) is 87.6 Å². The summed E-state index contributed by atoms with van der Waals surface area (Å²) in [6, 6.07) is 116. The molecule has 0 spiro atoms. The summed E-state index contributed by atoms with van der Waals surface area (Å²) in [5.41, 5.74) is 55.2. The first-order valence-corrected chi connectivity index (χ1v) is 57.1. The highest BCUT2D eigenvalue weighted by molar-refractivity contribution is 6.22. The van der Waals surface area contributed by atoms with E-state index in [0.29, 0.717) is 0 Å². The molecule has 0 fully saturated rings. The van der Waals surface area contributed by atoms with Gasteiger partial charge in [0.1, 0.15) is 22.3 Å². The maximum absolute atomic E-state index is 7.46. The molecule has 2 aromatic heterocycles. The molecular formula is C145H147NO2. The zero-order valence-corrected chi connectivity index (χ0v) is 90.9. The maximum atomic E-state index is 7.46. The first-order valence-electron chi connectivity index (χ1n) is 57.1. The van der Waals surface area contributed by atoms with Gasteiger partial charge in [0.15, 0.2) is 0 Å². The Bertz CT molecular complexity index is 8380. The minimum absolute atomic E-state index is 0.0173. The van der Waals surface area contributed by atoms with Crippen LogP contribution >= 0.6 is 0 Å². The summed E-state index contributed by atoms with van der Waals surface area (Å²) < 4.78 is 14.9. The Kier molecular flexibility index (Phi) is 23.4. The van der Waals surface area contributed by atoms with E-state index in [1.54, 1.807) is 22.3 Å². The van der Waals surface area contributed by atoms with Crippen molar-refractivity contribution < 1.29 is 8.83 Å². The lowest BCUT2D eigenvalue weighted by Crippen LogP contribution is -2.25. The molecule has 744 valence electrons. The van der Waals surface area contributed by atoms with Crippen LogP contribution in [0.5, 0.6) is 0 Å². The summed E-state index contributed by atoms with van der Waals surface area (Å²) in [5.74, 6) is 0. The molecule has 7 aliphatic rings. The van der Waals surface area contributed by atoms with Crippen LogP contribution in [-0.4, -0.2) is 0 Å². The van der Waals surface area contributed by atoms with E-state index in [9.17, 15) is 0 Å². The summed E-state index contributed by atoms with van der Waals surface area (Å²) in [4.78, 5) is 2.55. The summed E-state index contributed by atoms with van der Waals surface area (Å²) in [5, 5.41) is 4.69. The third kappa shape index (κ3) is 14.8. The van der Waals surface area contributed by atoms with Gasteiger partial charge in [-0.3, -0.25) is 0 Å². The number of rotatable bonds is 31. The molecule has 0 bridgehead atoms. The summed E-state index contributed by atoms with van der Waals surface area (Å²) in [7, 11) is 0. The summed E-state index contributed by atoms with van der Waals surface area (Å²) in [6.45, 7) is 41.2. The monoisotopic (exact) mass is 1930 g/mol. The second-order valence-electron chi connectivity index (χ2n) is 49.4. The standard InChI is InChI=1S/C145H147NO2/c1-18-22-26-30-42-76-144(77-43-31-27-23-19-2)115-50-38-34-46-101(115)107-70-57-94(84-124(107)144)91-55-68-104-103-67-54-90(80-117(103)139(8,9)118(104)81-91)93-59-73-110-121(83-93)142(14,15)134-131(110)132-113-49-37-41-53-128(113)148-137(132)133-111-75-66-100(88-123(111)143(16,17)135(133)134)146(98-63-61-97(62-64-98)138(5,6)7)99-65-74-109-122(87-99)141(12,13)126-89-114(129-112-48-36-40-52-127(112)147-136(129)130(109)126)96-60-72-106-105-69-56-92(82-119(105)140(10,11)120(106)86-96)95-58-71-108-102-47-35-39-51-116(102)145(125(108)85-95,78-44-32-28-24-20-3)79-45-33-29-25-21-4/h34-41,46-75,80-89H,18-33,42-45,76-79H2,1-17H3. The van der Waals surface area contributed by atoms with E-state index >= 15 is 0 Å². The van der Waals surface area contributed by atoms with Crippen LogP contribution in [0.3, 0.4) is 0 Å². The zero-order chi connectivity index (χ0) is 102. The van der Waals surface area contributed by atoms with E-state index in [1.807, 2.05) is 0 Å². The van der Waals surface area contributed by atoms with E-state index in [2.05, 4.69) is 414 Å². The Morgan fingerprint density at radius 2 is 0.520 bits per heavy atom. The third-order valence-electron chi connectivity index (χ3n) is 37.8. The van der Waals surface area contributed by atoms with Crippen molar-refractivity contribution in [3.8, 4) is 122 Å². The molecule has 0 saturated heterocycles.